The molecule has 3 heteroatoms. The van der Waals surface area contributed by atoms with Crippen LogP contribution in [0, 0.1) is 5.82 Å². The first-order chi connectivity index (χ1) is 5.24. The Kier molecular flexibility index (Phi) is 2.72. The highest BCUT2D eigenvalue weighted by molar-refractivity contribution is 7.27. The second-order valence-corrected chi connectivity index (χ2v) is 2.85. The maximum atomic E-state index is 12.5. The average Bonchev–Trinajstić information content (AvgIpc) is 1.95. The van der Waals surface area contributed by atoms with Crippen molar-refractivity contribution >= 4 is 21.3 Å². The predicted octanol–water partition coefficient (Wildman–Crippen LogP) is 1.53. The van der Waals surface area contributed by atoms with Crippen molar-refractivity contribution in [2.24, 2.45) is 4.99 Å². The van der Waals surface area contributed by atoms with Crippen LogP contribution in [0.5, 0.6) is 0 Å². The summed E-state index contributed by atoms with van der Waals surface area (Å²) in [5.41, 5.74) is 0.992. The monoisotopic (exact) mass is 169 g/mol. The second kappa shape index (κ2) is 3.59. The Morgan fingerprint density at radius 2 is 2.27 bits per heavy atom. The van der Waals surface area contributed by atoms with Gasteiger partial charge in [0.25, 0.3) is 0 Å². The van der Waals surface area contributed by atoms with Gasteiger partial charge in [0, 0.05) is 0 Å². The van der Waals surface area contributed by atoms with Gasteiger partial charge < -0.3 is 0 Å². The molecule has 0 saturated heterocycles. The molecule has 0 radical (unpaired) electrons. The first-order valence-corrected chi connectivity index (χ1v) is 3.78. The molecule has 1 nitrogen and oxygen atoms in total. The molecule has 1 atom stereocenters. The van der Waals surface area contributed by atoms with Crippen molar-refractivity contribution in [2.75, 3.05) is 0 Å². The van der Waals surface area contributed by atoms with Gasteiger partial charge in [-0.15, -0.1) is 9.24 Å². The van der Waals surface area contributed by atoms with E-state index in [4.69, 9.17) is 0 Å². The molecule has 0 spiro atoms. The van der Waals surface area contributed by atoms with Crippen LogP contribution in [0.25, 0.3) is 0 Å². The van der Waals surface area contributed by atoms with E-state index in [1.807, 2.05) is 0 Å². The molecule has 0 aliphatic rings. The summed E-state index contributed by atoms with van der Waals surface area (Å²) in [7, 11) is 2.47. The van der Waals surface area contributed by atoms with Crippen LogP contribution in [0.15, 0.2) is 23.2 Å². The van der Waals surface area contributed by atoms with E-state index in [0.717, 1.165) is 10.9 Å². The molecule has 0 aliphatic heterocycles. The van der Waals surface area contributed by atoms with E-state index in [1.54, 1.807) is 6.07 Å². The van der Waals surface area contributed by atoms with Crippen molar-refractivity contribution in [2.45, 2.75) is 6.54 Å². The quantitative estimate of drug-likeness (QED) is 0.470. The van der Waals surface area contributed by atoms with Crippen molar-refractivity contribution in [3.63, 3.8) is 0 Å². The van der Waals surface area contributed by atoms with Crippen molar-refractivity contribution in [3.8, 4) is 0 Å². The summed E-state index contributed by atoms with van der Waals surface area (Å²) in [4.78, 5) is 3.71. The molecule has 0 amide bonds. The van der Waals surface area contributed by atoms with Crippen LogP contribution in [-0.2, 0) is 6.54 Å². The maximum absolute atomic E-state index is 12.5. The lowest BCUT2D eigenvalue weighted by molar-refractivity contribution is 0.628. The number of rotatable bonds is 2. The van der Waals surface area contributed by atoms with Crippen LogP contribution in [0.3, 0.4) is 0 Å². The summed E-state index contributed by atoms with van der Waals surface area (Å²) in [6.45, 7) is 3.91. The molecular formula is C8H9FNP. The first kappa shape index (κ1) is 8.35. The fraction of sp³-hybridized carbons (Fsp3) is 0.125. The highest BCUT2D eigenvalue weighted by atomic mass is 31.0. The van der Waals surface area contributed by atoms with E-state index in [-0.39, 0.29) is 5.82 Å². The standard InChI is InChI=1S/C8H9FNP/c1-10-5-6-2-3-7(9)4-8(6)11/h2-4H,1,5,11H2. The normalized spacial score (nSPS) is 9.64. The molecule has 0 aromatic heterocycles. The third-order valence-corrected chi connectivity index (χ3v) is 1.93. The number of hydrogen-bond acceptors (Lipinski definition) is 1. The van der Waals surface area contributed by atoms with Crippen LogP contribution in [0.2, 0.25) is 0 Å². The number of benzene rings is 1. The van der Waals surface area contributed by atoms with E-state index >= 15 is 0 Å². The lowest BCUT2D eigenvalue weighted by Gasteiger charge is -2.00. The highest BCUT2D eigenvalue weighted by Gasteiger charge is 1.97. The molecule has 0 fully saturated rings. The Morgan fingerprint density at radius 3 is 2.82 bits per heavy atom. The molecule has 11 heavy (non-hydrogen) atoms. The summed E-state index contributed by atoms with van der Waals surface area (Å²) in [6, 6.07) is 4.60. The van der Waals surface area contributed by atoms with Gasteiger partial charge in [-0.1, -0.05) is 6.07 Å². The maximum Gasteiger partial charge on any atom is 0.123 e. The Hall–Kier alpha value is -0.750. The van der Waals surface area contributed by atoms with Crippen LogP contribution in [-0.4, -0.2) is 6.72 Å². The topological polar surface area (TPSA) is 12.4 Å². The number of nitrogens with zero attached hydrogens (tertiary/aromatic N) is 1. The summed E-state index contributed by atoms with van der Waals surface area (Å²) in [5.74, 6) is -0.220. The minimum Gasteiger partial charge on any atom is -0.296 e. The zero-order chi connectivity index (χ0) is 8.27. The first-order valence-electron chi connectivity index (χ1n) is 3.20. The van der Waals surface area contributed by atoms with Gasteiger partial charge in [0.15, 0.2) is 0 Å². The van der Waals surface area contributed by atoms with E-state index in [1.165, 1.54) is 12.1 Å². The molecule has 0 N–H and O–H groups in total. The van der Waals surface area contributed by atoms with E-state index in [2.05, 4.69) is 20.9 Å². The fourth-order valence-electron chi connectivity index (χ4n) is 0.830. The van der Waals surface area contributed by atoms with Crippen LogP contribution in [0.1, 0.15) is 5.56 Å². The van der Waals surface area contributed by atoms with Crippen LogP contribution >= 0.6 is 9.24 Å². The Balaban J connectivity index is 2.98. The van der Waals surface area contributed by atoms with Crippen molar-refractivity contribution in [3.05, 3.63) is 29.6 Å². The van der Waals surface area contributed by atoms with E-state index in [0.29, 0.717) is 6.54 Å². The largest absolute Gasteiger partial charge is 0.296 e. The molecular weight excluding hydrogens is 160 g/mol. The smallest absolute Gasteiger partial charge is 0.123 e. The summed E-state index contributed by atoms with van der Waals surface area (Å²) < 4.78 is 12.5. The molecule has 1 aromatic carbocycles. The SMILES string of the molecule is C=NCc1ccc(F)cc1P. The number of halogens is 1. The predicted molar refractivity (Wildman–Crippen MR) is 49.0 cm³/mol. The Bertz CT molecular complexity index is 273. The van der Waals surface area contributed by atoms with Crippen LogP contribution in [0.4, 0.5) is 4.39 Å². The molecule has 0 heterocycles. The molecule has 0 saturated carbocycles. The minimum atomic E-state index is -0.220. The van der Waals surface area contributed by atoms with Gasteiger partial charge in [-0.25, -0.2) is 4.39 Å². The zero-order valence-corrected chi connectivity index (χ0v) is 7.20. The molecule has 0 bridgehead atoms. The third-order valence-electron chi connectivity index (χ3n) is 1.39. The molecule has 0 aliphatic carbocycles. The zero-order valence-electron chi connectivity index (χ0n) is 6.05. The lowest BCUT2D eigenvalue weighted by Crippen LogP contribution is -2.00. The molecule has 1 rings (SSSR count). The Morgan fingerprint density at radius 1 is 1.55 bits per heavy atom. The number of hydrogen-bond donors (Lipinski definition) is 0. The third kappa shape index (κ3) is 2.09. The summed E-state index contributed by atoms with van der Waals surface area (Å²) in [5, 5.41) is 0.845. The summed E-state index contributed by atoms with van der Waals surface area (Å²) >= 11 is 0. The van der Waals surface area contributed by atoms with Gasteiger partial charge in [0.05, 0.1) is 6.54 Å². The van der Waals surface area contributed by atoms with Gasteiger partial charge in [-0.05, 0) is 29.7 Å². The average molecular weight is 169 g/mol. The number of aliphatic imine (C=N–C) groups is 1. The lowest BCUT2D eigenvalue weighted by atomic mass is 10.2. The highest BCUT2D eigenvalue weighted by Crippen LogP contribution is 2.04. The van der Waals surface area contributed by atoms with E-state index in [9.17, 15) is 4.39 Å². The molecule has 1 aromatic rings. The Labute approximate surface area is 67.6 Å². The summed E-state index contributed by atoms with van der Waals surface area (Å²) in [6.07, 6.45) is 0. The van der Waals surface area contributed by atoms with Crippen LogP contribution < -0.4 is 5.30 Å². The molecule has 1 unspecified atom stereocenters. The van der Waals surface area contributed by atoms with Gasteiger partial charge in [-0.3, -0.25) is 4.99 Å². The fourth-order valence-corrected chi connectivity index (χ4v) is 1.18. The van der Waals surface area contributed by atoms with Gasteiger partial charge >= 0.3 is 0 Å². The van der Waals surface area contributed by atoms with E-state index < -0.39 is 0 Å². The van der Waals surface area contributed by atoms with Gasteiger partial charge in [-0.2, -0.15) is 0 Å². The second-order valence-electron chi connectivity index (χ2n) is 2.22. The van der Waals surface area contributed by atoms with Crippen molar-refractivity contribution in [1.82, 2.24) is 0 Å². The van der Waals surface area contributed by atoms with Crippen molar-refractivity contribution in [1.29, 1.82) is 0 Å². The molecule has 58 valence electrons. The van der Waals surface area contributed by atoms with Gasteiger partial charge in [0.2, 0.25) is 0 Å². The van der Waals surface area contributed by atoms with Crippen molar-refractivity contribution < 1.29 is 4.39 Å². The minimum absolute atomic E-state index is 0.220. The van der Waals surface area contributed by atoms with Gasteiger partial charge in [0.1, 0.15) is 5.82 Å².